The number of benzene rings is 1. The molecule has 1 aromatic carbocycles. The van der Waals surface area contributed by atoms with Gasteiger partial charge >= 0.3 is 11.9 Å². The van der Waals surface area contributed by atoms with Gasteiger partial charge in [-0.1, -0.05) is 18.2 Å². The third-order valence-electron chi connectivity index (χ3n) is 3.94. The highest BCUT2D eigenvalue weighted by molar-refractivity contribution is 6.20. The van der Waals surface area contributed by atoms with E-state index in [9.17, 15) is 19.2 Å². The van der Waals surface area contributed by atoms with Crippen molar-refractivity contribution in [3.05, 3.63) is 35.4 Å². The second-order valence-corrected chi connectivity index (χ2v) is 5.36. The van der Waals surface area contributed by atoms with E-state index in [1.165, 1.54) is 24.1 Å². The Morgan fingerprint density at radius 1 is 1.13 bits per heavy atom. The second kappa shape index (κ2) is 6.20. The molecule has 2 rings (SSSR count). The molecular weight excluding hydrogens is 302 g/mol. The maximum atomic E-state index is 13.0. The first-order valence-corrected chi connectivity index (χ1v) is 6.92. The monoisotopic (exact) mass is 319 g/mol. The van der Waals surface area contributed by atoms with Gasteiger partial charge in [0, 0.05) is 19.2 Å². The van der Waals surface area contributed by atoms with Crippen LogP contribution in [0.1, 0.15) is 27.1 Å². The average Bonchev–Trinajstić information content (AvgIpc) is 2.65. The van der Waals surface area contributed by atoms with E-state index in [-0.39, 0.29) is 17.7 Å². The minimum absolute atomic E-state index is 0.0937. The molecular formula is C16H17NO6. The van der Waals surface area contributed by atoms with Crippen LogP contribution in [0.15, 0.2) is 24.3 Å². The molecule has 1 aromatic rings. The number of hydrogen-bond acceptors (Lipinski definition) is 6. The summed E-state index contributed by atoms with van der Waals surface area (Å²) in [7, 11) is 3.76. The summed E-state index contributed by atoms with van der Waals surface area (Å²) < 4.78 is 9.37. The molecule has 0 N–H and O–H groups in total. The Morgan fingerprint density at radius 2 is 1.74 bits per heavy atom. The van der Waals surface area contributed by atoms with Gasteiger partial charge in [0.15, 0.2) is 11.2 Å². The molecule has 0 aromatic heterocycles. The summed E-state index contributed by atoms with van der Waals surface area (Å²) in [5.74, 6) is -2.62. The molecule has 1 atom stereocenters. The Labute approximate surface area is 133 Å². The van der Waals surface area contributed by atoms with E-state index < -0.39 is 35.5 Å². The highest BCUT2D eigenvalue weighted by atomic mass is 16.5. The SMILES string of the molecule is COC(=O)CC1(C(=O)OC)CN(C)C(=O)c2ccccc2C1=O. The highest BCUT2D eigenvalue weighted by Crippen LogP contribution is 2.35. The van der Waals surface area contributed by atoms with E-state index in [0.717, 1.165) is 14.2 Å². The number of carbonyl (C=O) groups excluding carboxylic acids is 4. The summed E-state index contributed by atoms with van der Waals surface area (Å²) in [6.07, 6.45) is -0.499. The number of Topliss-reactive ketones (excluding diaryl/α,β-unsaturated/α-hetero) is 1. The molecule has 0 saturated heterocycles. The van der Waals surface area contributed by atoms with E-state index in [0.29, 0.717) is 0 Å². The number of ketones is 1. The summed E-state index contributed by atoms with van der Waals surface area (Å²) in [5.41, 5.74) is -1.54. The molecule has 1 aliphatic heterocycles. The number of esters is 2. The minimum Gasteiger partial charge on any atom is -0.469 e. The minimum atomic E-state index is -1.82. The van der Waals surface area contributed by atoms with Crippen LogP contribution in [0.4, 0.5) is 0 Å². The number of rotatable bonds is 3. The maximum Gasteiger partial charge on any atom is 0.322 e. The smallest absolute Gasteiger partial charge is 0.322 e. The van der Waals surface area contributed by atoms with Crippen LogP contribution in [0.5, 0.6) is 0 Å². The van der Waals surface area contributed by atoms with Gasteiger partial charge in [0.05, 0.1) is 26.2 Å². The summed E-state index contributed by atoms with van der Waals surface area (Å²) >= 11 is 0. The molecule has 0 spiro atoms. The third-order valence-corrected chi connectivity index (χ3v) is 3.94. The van der Waals surface area contributed by atoms with Crippen molar-refractivity contribution < 1.29 is 28.7 Å². The third kappa shape index (κ3) is 2.69. The number of ether oxygens (including phenoxy) is 2. The lowest BCUT2D eigenvalue weighted by atomic mass is 9.77. The zero-order valence-electron chi connectivity index (χ0n) is 13.1. The number of amides is 1. The quantitative estimate of drug-likeness (QED) is 0.601. The molecule has 0 bridgehead atoms. The van der Waals surface area contributed by atoms with Crippen LogP contribution in [-0.2, 0) is 19.1 Å². The largest absolute Gasteiger partial charge is 0.469 e. The van der Waals surface area contributed by atoms with Crippen molar-refractivity contribution in [3.63, 3.8) is 0 Å². The van der Waals surface area contributed by atoms with Crippen molar-refractivity contribution >= 4 is 23.6 Å². The van der Waals surface area contributed by atoms with Crippen LogP contribution in [-0.4, -0.2) is 56.3 Å². The standard InChI is InChI=1S/C16H17NO6/c1-17-9-16(15(21)23-3,8-12(18)22-2)13(19)10-6-4-5-7-11(10)14(17)20/h4-7H,8-9H2,1-3H3. The summed E-state index contributed by atoms with van der Waals surface area (Å²) in [6, 6.07) is 6.19. The molecule has 1 aliphatic rings. The fourth-order valence-corrected chi connectivity index (χ4v) is 2.76. The first-order chi connectivity index (χ1) is 10.9. The van der Waals surface area contributed by atoms with Crippen molar-refractivity contribution in [2.24, 2.45) is 5.41 Å². The van der Waals surface area contributed by atoms with Crippen LogP contribution in [0, 0.1) is 5.41 Å². The van der Waals surface area contributed by atoms with E-state index in [2.05, 4.69) is 4.74 Å². The van der Waals surface area contributed by atoms with Gasteiger partial charge in [0.1, 0.15) is 0 Å². The van der Waals surface area contributed by atoms with Crippen molar-refractivity contribution in [1.29, 1.82) is 0 Å². The van der Waals surface area contributed by atoms with Crippen LogP contribution in [0.2, 0.25) is 0 Å². The molecule has 23 heavy (non-hydrogen) atoms. The number of fused-ring (bicyclic) bond motifs is 1. The van der Waals surface area contributed by atoms with Gasteiger partial charge in [0.25, 0.3) is 5.91 Å². The Kier molecular flexibility index (Phi) is 4.49. The Bertz CT molecular complexity index is 683. The van der Waals surface area contributed by atoms with Crippen LogP contribution in [0.3, 0.4) is 0 Å². The van der Waals surface area contributed by atoms with E-state index >= 15 is 0 Å². The van der Waals surface area contributed by atoms with E-state index in [4.69, 9.17) is 4.74 Å². The second-order valence-electron chi connectivity index (χ2n) is 5.36. The Morgan fingerprint density at radius 3 is 2.30 bits per heavy atom. The van der Waals surface area contributed by atoms with Gasteiger partial charge < -0.3 is 14.4 Å². The zero-order chi connectivity index (χ0) is 17.2. The van der Waals surface area contributed by atoms with Gasteiger partial charge in [-0.05, 0) is 6.07 Å². The number of hydrogen-bond donors (Lipinski definition) is 0. The van der Waals surface area contributed by atoms with Crippen molar-refractivity contribution in [3.8, 4) is 0 Å². The van der Waals surface area contributed by atoms with Gasteiger partial charge in [-0.2, -0.15) is 0 Å². The lowest BCUT2D eigenvalue weighted by Crippen LogP contribution is -2.49. The van der Waals surface area contributed by atoms with Crippen molar-refractivity contribution in [2.75, 3.05) is 27.8 Å². The first-order valence-electron chi connectivity index (χ1n) is 6.92. The molecule has 0 aliphatic carbocycles. The predicted octanol–water partition coefficient (Wildman–Crippen LogP) is 0.677. The van der Waals surface area contributed by atoms with Crippen LogP contribution in [0.25, 0.3) is 0 Å². The molecule has 0 radical (unpaired) electrons. The molecule has 122 valence electrons. The first kappa shape index (κ1) is 16.7. The Hall–Kier alpha value is -2.70. The molecule has 0 saturated carbocycles. The zero-order valence-corrected chi connectivity index (χ0v) is 13.1. The van der Waals surface area contributed by atoms with Gasteiger partial charge in [-0.25, -0.2) is 0 Å². The van der Waals surface area contributed by atoms with E-state index in [1.807, 2.05) is 0 Å². The number of carbonyl (C=O) groups is 4. The fourth-order valence-electron chi connectivity index (χ4n) is 2.76. The fraction of sp³-hybridized carbons (Fsp3) is 0.375. The van der Waals surface area contributed by atoms with Gasteiger partial charge in [-0.3, -0.25) is 19.2 Å². The number of nitrogens with zero attached hydrogens (tertiary/aromatic N) is 1. The normalized spacial score (nSPS) is 20.6. The number of methoxy groups -OCH3 is 2. The van der Waals surface area contributed by atoms with Gasteiger partial charge in [0.2, 0.25) is 0 Å². The predicted molar refractivity (Wildman–Crippen MR) is 78.8 cm³/mol. The van der Waals surface area contributed by atoms with Crippen LogP contribution >= 0.6 is 0 Å². The molecule has 7 heteroatoms. The van der Waals surface area contributed by atoms with Crippen molar-refractivity contribution in [1.82, 2.24) is 4.90 Å². The summed E-state index contributed by atoms with van der Waals surface area (Å²) in [5, 5.41) is 0. The molecule has 1 amide bonds. The summed E-state index contributed by atoms with van der Waals surface area (Å²) in [6.45, 7) is -0.263. The maximum absolute atomic E-state index is 13.0. The van der Waals surface area contributed by atoms with E-state index in [1.54, 1.807) is 12.1 Å². The lowest BCUT2D eigenvalue weighted by Gasteiger charge is -2.29. The van der Waals surface area contributed by atoms with Crippen molar-refractivity contribution in [2.45, 2.75) is 6.42 Å². The summed E-state index contributed by atoms with van der Waals surface area (Å²) in [4.78, 5) is 50.8. The topological polar surface area (TPSA) is 90.0 Å². The lowest BCUT2D eigenvalue weighted by molar-refractivity contribution is -0.157. The molecule has 1 heterocycles. The highest BCUT2D eigenvalue weighted by Gasteiger charge is 2.53. The molecule has 7 nitrogen and oxygen atoms in total. The Balaban J connectivity index is 2.67. The molecule has 1 unspecified atom stereocenters. The van der Waals surface area contributed by atoms with Crippen LogP contribution < -0.4 is 0 Å². The van der Waals surface area contributed by atoms with Gasteiger partial charge in [-0.15, -0.1) is 0 Å². The average molecular weight is 319 g/mol. The molecule has 0 fully saturated rings.